The summed E-state index contributed by atoms with van der Waals surface area (Å²) in [6.45, 7) is 0.803. The number of nitrogens with zero attached hydrogens (tertiary/aromatic N) is 2. The summed E-state index contributed by atoms with van der Waals surface area (Å²) in [5, 5.41) is 21.4. The van der Waals surface area contributed by atoms with E-state index in [1.54, 1.807) is 0 Å². The quantitative estimate of drug-likeness (QED) is 0.336. The summed E-state index contributed by atoms with van der Waals surface area (Å²) in [7, 11) is 0. The Morgan fingerprint density at radius 2 is 1.25 bits per heavy atom. The lowest BCUT2D eigenvalue weighted by Gasteiger charge is -2.17. The maximum atomic E-state index is 10.7. The lowest BCUT2D eigenvalue weighted by Crippen LogP contribution is -2.38. The van der Waals surface area contributed by atoms with E-state index in [2.05, 4.69) is 9.98 Å². The molecule has 70 valence electrons. The molecule has 0 aliphatic rings. The Hall–Kier alpha value is -1.14. The van der Waals surface area contributed by atoms with Crippen molar-refractivity contribution in [2.24, 2.45) is 21.5 Å². The van der Waals surface area contributed by atoms with Crippen LogP contribution in [0.1, 0.15) is 0 Å². The summed E-state index contributed by atoms with van der Waals surface area (Å²) in [4.78, 5) is 6.69. The standard InChI is InChI=1S/C6H14N4O2/c7-1-3-9-5(11)6(12)10-4-2-8/h1-4,7-8H2,(H,9,11)(H,10,12)/p-2. The van der Waals surface area contributed by atoms with Crippen LogP contribution in [-0.4, -0.2) is 38.0 Å². The van der Waals surface area contributed by atoms with E-state index in [1.165, 1.54) is 0 Å². The lowest BCUT2D eigenvalue weighted by atomic mass is 10.6. The van der Waals surface area contributed by atoms with Crippen LogP contribution in [0, 0.1) is 0 Å². The summed E-state index contributed by atoms with van der Waals surface area (Å²) in [6.07, 6.45) is 0. The Labute approximate surface area is 70.6 Å². The molecule has 0 unspecified atom stereocenters. The Morgan fingerprint density at radius 1 is 0.917 bits per heavy atom. The Bertz CT molecular complexity index is 158. The normalized spacial score (nSPS) is 13.5. The first-order chi connectivity index (χ1) is 5.72. The van der Waals surface area contributed by atoms with Crippen molar-refractivity contribution in [1.82, 2.24) is 0 Å². The summed E-state index contributed by atoms with van der Waals surface area (Å²) in [5.41, 5.74) is 10.1. The second-order valence-corrected chi connectivity index (χ2v) is 1.95. The molecule has 0 aromatic carbocycles. The van der Waals surface area contributed by atoms with Gasteiger partial charge in [0.15, 0.2) is 0 Å². The van der Waals surface area contributed by atoms with Gasteiger partial charge in [-0.1, -0.05) is 0 Å². The number of hydrogen-bond acceptors (Lipinski definition) is 6. The van der Waals surface area contributed by atoms with E-state index in [1.807, 2.05) is 0 Å². The average molecular weight is 172 g/mol. The van der Waals surface area contributed by atoms with Crippen LogP contribution < -0.4 is 21.7 Å². The molecule has 0 atom stereocenters. The van der Waals surface area contributed by atoms with Gasteiger partial charge in [-0.25, -0.2) is 0 Å². The van der Waals surface area contributed by atoms with Crippen LogP contribution in [0.4, 0.5) is 0 Å². The molecule has 0 aliphatic carbocycles. The SMILES string of the molecule is NCCN=C([O-])C([O-])=NCCN. The molecule has 0 rings (SSSR count). The number of hydrogen-bond donors (Lipinski definition) is 2. The van der Waals surface area contributed by atoms with Gasteiger partial charge in [0.2, 0.25) is 0 Å². The van der Waals surface area contributed by atoms with Gasteiger partial charge >= 0.3 is 0 Å². The third kappa shape index (κ3) is 4.64. The van der Waals surface area contributed by atoms with Gasteiger partial charge in [-0.15, -0.1) is 0 Å². The Kier molecular flexibility index (Phi) is 5.94. The molecule has 0 spiro atoms. The summed E-state index contributed by atoms with van der Waals surface area (Å²) in [5.74, 6) is -1.71. The highest BCUT2D eigenvalue weighted by Crippen LogP contribution is 1.73. The molecule has 0 heterocycles. The second-order valence-electron chi connectivity index (χ2n) is 1.95. The summed E-state index contributed by atoms with van der Waals surface area (Å²) >= 11 is 0. The fraction of sp³-hybridized carbons (Fsp3) is 0.667. The van der Waals surface area contributed by atoms with E-state index in [9.17, 15) is 10.2 Å². The highest BCUT2D eigenvalue weighted by atomic mass is 16.3. The van der Waals surface area contributed by atoms with E-state index >= 15 is 0 Å². The minimum atomic E-state index is -0.853. The first-order valence-corrected chi connectivity index (χ1v) is 3.55. The van der Waals surface area contributed by atoms with E-state index in [0.29, 0.717) is 0 Å². The van der Waals surface area contributed by atoms with Crippen LogP contribution in [0.3, 0.4) is 0 Å². The van der Waals surface area contributed by atoms with Crippen molar-refractivity contribution in [2.75, 3.05) is 26.2 Å². The molecule has 6 nitrogen and oxygen atoms in total. The first-order valence-electron chi connectivity index (χ1n) is 3.55. The number of aliphatic imine (C=N–C) groups is 2. The Morgan fingerprint density at radius 3 is 1.50 bits per heavy atom. The fourth-order valence-corrected chi connectivity index (χ4v) is 0.467. The smallest absolute Gasteiger partial charge is 0.0505 e. The highest BCUT2D eigenvalue weighted by molar-refractivity contribution is 6.31. The molecule has 0 fully saturated rings. The zero-order valence-corrected chi connectivity index (χ0v) is 6.69. The first kappa shape index (κ1) is 10.9. The van der Waals surface area contributed by atoms with Gasteiger partial charge in [-0.3, -0.25) is 9.98 Å². The Balaban J connectivity index is 3.98. The van der Waals surface area contributed by atoms with Gasteiger partial charge in [-0.2, -0.15) is 0 Å². The van der Waals surface area contributed by atoms with Crippen LogP contribution in [0.25, 0.3) is 0 Å². The van der Waals surface area contributed by atoms with Crippen molar-refractivity contribution >= 4 is 11.8 Å². The third-order valence-corrected chi connectivity index (χ3v) is 0.952. The topological polar surface area (TPSA) is 123 Å². The minimum Gasteiger partial charge on any atom is -0.858 e. The highest BCUT2D eigenvalue weighted by Gasteiger charge is 1.82. The molecule has 0 aliphatic heterocycles. The third-order valence-electron chi connectivity index (χ3n) is 0.952. The molecular formula is C6H12N4O2-2. The van der Waals surface area contributed by atoms with Gasteiger partial charge < -0.3 is 21.7 Å². The van der Waals surface area contributed by atoms with Crippen LogP contribution in [0.5, 0.6) is 0 Å². The van der Waals surface area contributed by atoms with Gasteiger partial charge in [0, 0.05) is 13.1 Å². The molecule has 0 amide bonds. The molecule has 0 aromatic heterocycles. The van der Waals surface area contributed by atoms with E-state index in [4.69, 9.17) is 11.5 Å². The lowest BCUT2D eigenvalue weighted by molar-refractivity contribution is -0.248. The van der Waals surface area contributed by atoms with Crippen molar-refractivity contribution in [3.63, 3.8) is 0 Å². The molecule has 12 heavy (non-hydrogen) atoms. The van der Waals surface area contributed by atoms with Crippen molar-refractivity contribution in [3.05, 3.63) is 0 Å². The van der Waals surface area contributed by atoms with Gasteiger partial charge in [0.05, 0.1) is 13.1 Å². The van der Waals surface area contributed by atoms with Crippen molar-refractivity contribution in [1.29, 1.82) is 0 Å². The van der Waals surface area contributed by atoms with Crippen LogP contribution in [-0.2, 0) is 0 Å². The van der Waals surface area contributed by atoms with E-state index < -0.39 is 11.8 Å². The van der Waals surface area contributed by atoms with E-state index in [-0.39, 0.29) is 26.2 Å². The van der Waals surface area contributed by atoms with Crippen LogP contribution in [0.15, 0.2) is 9.98 Å². The zero-order chi connectivity index (χ0) is 9.40. The molecular weight excluding hydrogens is 160 g/mol. The van der Waals surface area contributed by atoms with Crippen molar-refractivity contribution in [2.45, 2.75) is 0 Å². The predicted molar refractivity (Wildman–Crippen MR) is 42.7 cm³/mol. The van der Waals surface area contributed by atoms with Gasteiger partial charge in [-0.05, 0) is 11.8 Å². The zero-order valence-electron chi connectivity index (χ0n) is 6.69. The maximum absolute atomic E-state index is 10.7. The molecule has 6 heteroatoms. The van der Waals surface area contributed by atoms with Crippen LogP contribution >= 0.6 is 0 Å². The molecule has 0 saturated carbocycles. The predicted octanol–water partition coefficient (Wildman–Crippen LogP) is -3.58. The second kappa shape index (κ2) is 6.56. The monoisotopic (exact) mass is 172 g/mol. The molecule has 4 N–H and O–H groups in total. The van der Waals surface area contributed by atoms with Gasteiger partial charge in [0.25, 0.3) is 0 Å². The molecule has 0 saturated heterocycles. The largest absolute Gasteiger partial charge is 0.858 e. The summed E-state index contributed by atoms with van der Waals surface area (Å²) < 4.78 is 0. The van der Waals surface area contributed by atoms with Gasteiger partial charge in [0.1, 0.15) is 0 Å². The van der Waals surface area contributed by atoms with Crippen LogP contribution in [0.2, 0.25) is 0 Å². The fourth-order valence-electron chi connectivity index (χ4n) is 0.467. The molecule has 0 radical (unpaired) electrons. The number of rotatable bonds is 4. The number of nitrogens with two attached hydrogens (primary N) is 2. The molecule has 0 bridgehead atoms. The minimum absolute atomic E-state index is 0.155. The van der Waals surface area contributed by atoms with E-state index in [0.717, 1.165) is 0 Å². The van der Waals surface area contributed by atoms with Crippen molar-refractivity contribution < 1.29 is 10.2 Å². The molecule has 0 aromatic rings. The average Bonchev–Trinajstić information content (AvgIpc) is 2.10. The summed E-state index contributed by atoms with van der Waals surface area (Å²) in [6, 6.07) is 0. The van der Waals surface area contributed by atoms with Crippen molar-refractivity contribution in [3.8, 4) is 0 Å². The maximum Gasteiger partial charge on any atom is 0.0505 e.